The second-order valence-corrected chi connectivity index (χ2v) is 10.5. The lowest BCUT2D eigenvalue weighted by Gasteiger charge is -2.29. The van der Waals surface area contributed by atoms with Gasteiger partial charge in [0.05, 0.1) is 0 Å². The Hall–Kier alpha value is -0.550. The molecule has 2 saturated heterocycles. The average molecular weight is 369 g/mol. The van der Waals surface area contributed by atoms with Crippen LogP contribution in [-0.4, -0.2) is 70.3 Å². The third-order valence-corrected chi connectivity index (χ3v) is 8.06. The van der Waals surface area contributed by atoms with Crippen molar-refractivity contribution < 1.29 is 26.5 Å². The molecule has 0 aromatic carbocycles. The van der Waals surface area contributed by atoms with Crippen LogP contribution in [0.1, 0.15) is 32.6 Å². The van der Waals surface area contributed by atoms with Crippen molar-refractivity contribution in [3.8, 4) is 0 Å². The van der Waals surface area contributed by atoms with E-state index in [-0.39, 0.29) is 18.1 Å². The van der Waals surface area contributed by atoms with Gasteiger partial charge in [-0.25, -0.2) is 0 Å². The standard InChI is InChI=1S/C13H24N2O6S2/c1-13(10-22(17,18)9-11(13)23(19,20)21)14-12(16)5-8-15-6-3-2-4-7-15/h11H,2-10H2,1H3,(H2-,14,16,17,18,19,20,21)/p+1/t11-,13-/m0/s1. The summed E-state index contributed by atoms with van der Waals surface area (Å²) in [7, 11) is -7.91. The number of nitrogens with zero attached hydrogens (tertiary/aromatic N) is 1. The predicted octanol–water partition coefficient (Wildman–Crippen LogP) is -0.0202. The van der Waals surface area contributed by atoms with Gasteiger partial charge in [-0.1, -0.05) is 10.6 Å². The van der Waals surface area contributed by atoms with E-state index in [1.807, 2.05) is 0 Å². The average Bonchev–Trinajstić information content (AvgIpc) is 2.67. The molecule has 134 valence electrons. The first-order valence-corrected chi connectivity index (χ1v) is 11.1. The molecule has 0 spiro atoms. The summed E-state index contributed by atoms with van der Waals surface area (Å²) in [6.45, 7) is 3.87. The number of hydrogen-bond donors (Lipinski definition) is 3. The Morgan fingerprint density at radius 2 is 1.96 bits per heavy atom. The summed E-state index contributed by atoms with van der Waals surface area (Å²) in [5, 5.41) is 1.10. The van der Waals surface area contributed by atoms with Gasteiger partial charge in [0.25, 0.3) is 10.1 Å². The van der Waals surface area contributed by atoms with Crippen molar-refractivity contribution in [2.45, 2.75) is 43.4 Å². The largest absolute Gasteiger partial charge is 0.344 e. The molecule has 0 aliphatic carbocycles. The summed E-state index contributed by atoms with van der Waals surface area (Å²) >= 11 is 0. The summed E-state index contributed by atoms with van der Waals surface area (Å²) in [6, 6.07) is 0. The first-order chi connectivity index (χ1) is 10.5. The van der Waals surface area contributed by atoms with Crippen LogP contribution in [0.5, 0.6) is 0 Å². The third kappa shape index (κ3) is 4.96. The Morgan fingerprint density at radius 1 is 1.35 bits per heavy atom. The van der Waals surface area contributed by atoms with Crippen LogP contribution in [0.2, 0.25) is 0 Å². The fraction of sp³-hybridized carbons (Fsp3) is 0.923. The molecule has 1 unspecified atom stereocenters. The summed E-state index contributed by atoms with van der Waals surface area (Å²) in [6.07, 6.45) is 3.61. The van der Waals surface area contributed by atoms with E-state index in [1.165, 1.54) is 13.3 Å². The molecule has 10 heteroatoms. The minimum absolute atomic E-state index is 0.195. The molecular formula is C13H25N2O6S2+. The van der Waals surface area contributed by atoms with Crippen LogP contribution in [0.15, 0.2) is 0 Å². The van der Waals surface area contributed by atoms with Gasteiger partial charge in [-0.2, -0.15) is 13.0 Å². The molecule has 2 rings (SSSR count). The van der Waals surface area contributed by atoms with Crippen molar-refractivity contribution in [3.63, 3.8) is 0 Å². The Bertz CT molecular complexity index is 602. The molecule has 0 aromatic rings. The van der Waals surface area contributed by atoms with Crippen LogP contribution >= 0.6 is 0 Å². The SMILES string of the molecule is C[C@]1(NC(=O)CCN2CCCCC2)C[S+](=O)(O)C[C@@H]1S(=O)(=O)O. The van der Waals surface area contributed by atoms with Crippen molar-refractivity contribution in [1.29, 1.82) is 0 Å². The Balaban J connectivity index is 1.98. The molecule has 2 fully saturated rings. The van der Waals surface area contributed by atoms with E-state index in [9.17, 15) is 26.5 Å². The first kappa shape index (κ1) is 18.8. The third-order valence-electron chi connectivity index (χ3n) is 4.54. The van der Waals surface area contributed by atoms with Crippen molar-refractivity contribution >= 4 is 26.2 Å². The highest BCUT2D eigenvalue weighted by Crippen LogP contribution is 2.31. The van der Waals surface area contributed by atoms with Gasteiger partial charge in [0.2, 0.25) is 16.1 Å². The van der Waals surface area contributed by atoms with Crippen LogP contribution in [0.25, 0.3) is 0 Å². The summed E-state index contributed by atoms with van der Waals surface area (Å²) < 4.78 is 53.8. The number of piperidine rings is 1. The monoisotopic (exact) mass is 369 g/mol. The number of hydrogen-bond acceptors (Lipinski definition) is 5. The van der Waals surface area contributed by atoms with Crippen molar-refractivity contribution in [3.05, 3.63) is 0 Å². The Labute approximate surface area is 138 Å². The minimum Gasteiger partial charge on any atom is -0.344 e. The number of nitrogens with one attached hydrogen (secondary N) is 1. The molecule has 0 aromatic heterocycles. The van der Waals surface area contributed by atoms with E-state index in [1.54, 1.807) is 0 Å². The first-order valence-electron chi connectivity index (χ1n) is 7.74. The summed E-state index contributed by atoms with van der Waals surface area (Å²) in [5.74, 6) is -1.31. The van der Waals surface area contributed by atoms with Crippen LogP contribution in [0.3, 0.4) is 0 Å². The van der Waals surface area contributed by atoms with Gasteiger partial charge >= 0.3 is 0 Å². The van der Waals surface area contributed by atoms with E-state index in [0.717, 1.165) is 25.9 Å². The topological polar surface area (TPSA) is 124 Å². The van der Waals surface area contributed by atoms with Crippen molar-refractivity contribution in [2.24, 2.45) is 0 Å². The number of carbonyl (C=O) groups excluding carboxylic acids is 1. The lowest BCUT2D eigenvalue weighted by atomic mass is 10.0. The highest BCUT2D eigenvalue weighted by molar-refractivity contribution is 7.99. The van der Waals surface area contributed by atoms with E-state index < -0.39 is 36.9 Å². The van der Waals surface area contributed by atoms with Crippen molar-refractivity contribution in [2.75, 3.05) is 31.1 Å². The zero-order valence-electron chi connectivity index (χ0n) is 13.2. The molecule has 3 atom stereocenters. The second kappa shape index (κ2) is 6.75. The fourth-order valence-electron chi connectivity index (χ4n) is 3.40. The van der Waals surface area contributed by atoms with Gasteiger partial charge in [-0.15, -0.1) is 0 Å². The number of rotatable bonds is 5. The zero-order valence-corrected chi connectivity index (χ0v) is 14.9. The minimum atomic E-state index is -4.53. The lowest BCUT2D eigenvalue weighted by molar-refractivity contribution is -0.122. The maximum absolute atomic E-state index is 12.1. The van der Waals surface area contributed by atoms with Gasteiger partial charge in [0.1, 0.15) is 5.54 Å². The molecule has 23 heavy (non-hydrogen) atoms. The van der Waals surface area contributed by atoms with Crippen LogP contribution in [0.4, 0.5) is 0 Å². The molecule has 8 nitrogen and oxygen atoms in total. The molecule has 2 heterocycles. The molecule has 0 saturated carbocycles. The number of amides is 1. The van der Waals surface area contributed by atoms with E-state index in [4.69, 9.17) is 0 Å². The maximum atomic E-state index is 12.1. The predicted molar refractivity (Wildman–Crippen MR) is 87.2 cm³/mol. The highest BCUT2D eigenvalue weighted by atomic mass is 32.3. The summed E-state index contributed by atoms with van der Waals surface area (Å²) in [4.78, 5) is 14.3. The second-order valence-electron chi connectivity index (χ2n) is 6.71. The number of carbonyl (C=O) groups is 1. The molecule has 0 radical (unpaired) electrons. The maximum Gasteiger partial charge on any atom is 0.275 e. The van der Waals surface area contributed by atoms with Gasteiger partial charge < -0.3 is 10.2 Å². The molecule has 1 amide bonds. The van der Waals surface area contributed by atoms with Crippen LogP contribution in [-0.2, 0) is 29.3 Å². The van der Waals surface area contributed by atoms with E-state index in [0.29, 0.717) is 6.54 Å². The highest BCUT2D eigenvalue weighted by Gasteiger charge is 2.60. The van der Waals surface area contributed by atoms with Crippen molar-refractivity contribution in [1.82, 2.24) is 10.2 Å². The lowest BCUT2D eigenvalue weighted by Crippen LogP contribution is -2.57. The van der Waals surface area contributed by atoms with Gasteiger partial charge in [0, 0.05) is 13.0 Å². The fourth-order valence-corrected chi connectivity index (χ4v) is 7.80. The Morgan fingerprint density at radius 3 is 2.52 bits per heavy atom. The Kier molecular flexibility index (Phi) is 5.51. The van der Waals surface area contributed by atoms with Crippen LogP contribution in [0, 0.1) is 0 Å². The zero-order chi connectivity index (χ0) is 17.3. The van der Waals surface area contributed by atoms with E-state index >= 15 is 0 Å². The van der Waals surface area contributed by atoms with Gasteiger partial charge in [-0.3, -0.25) is 9.35 Å². The van der Waals surface area contributed by atoms with Crippen LogP contribution < -0.4 is 5.32 Å². The number of likely N-dealkylation sites (tertiary alicyclic amines) is 1. The summed E-state index contributed by atoms with van der Waals surface area (Å²) in [5.41, 5.74) is -1.43. The van der Waals surface area contributed by atoms with Gasteiger partial charge in [-0.05, 0) is 32.9 Å². The smallest absolute Gasteiger partial charge is 0.275 e. The van der Waals surface area contributed by atoms with E-state index in [2.05, 4.69) is 10.2 Å². The normalized spacial score (nSPS) is 36.0. The molecule has 0 bridgehead atoms. The molecule has 2 aliphatic heterocycles. The quantitative estimate of drug-likeness (QED) is 0.459. The molecular weight excluding hydrogens is 344 g/mol. The molecule has 3 N–H and O–H groups in total. The van der Waals surface area contributed by atoms with Gasteiger partial charge in [0.15, 0.2) is 16.8 Å². The molecule has 2 aliphatic rings.